The maximum Gasteiger partial charge on any atom is 0.274 e. The molecule has 1 rings (SSSR count). The SMILES string of the molecule is CNCc1ccc(S(=O)(=O)NC(C)CN(C)C)o1. The number of hydrogen-bond acceptors (Lipinski definition) is 5. The van der Waals surface area contributed by atoms with Gasteiger partial charge in [0, 0.05) is 12.6 Å². The number of hydrogen-bond donors (Lipinski definition) is 2. The summed E-state index contributed by atoms with van der Waals surface area (Å²) < 4.78 is 31.8. The molecular weight excluding hydrogens is 254 g/mol. The van der Waals surface area contributed by atoms with Crippen molar-refractivity contribution in [2.75, 3.05) is 27.7 Å². The molecule has 2 N–H and O–H groups in total. The molecule has 0 aliphatic rings. The summed E-state index contributed by atoms with van der Waals surface area (Å²) in [4.78, 5) is 1.92. The van der Waals surface area contributed by atoms with Gasteiger partial charge in [0.25, 0.3) is 10.0 Å². The van der Waals surface area contributed by atoms with E-state index in [4.69, 9.17) is 4.42 Å². The van der Waals surface area contributed by atoms with Gasteiger partial charge in [0.1, 0.15) is 5.76 Å². The minimum absolute atomic E-state index is 0.0432. The van der Waals surface area contributed by atoms with E-state index in [0.717, 1.165) is 0 Å². The number of sulfonamides is 1. The summed E-state index contributed by atoms with van der Waals surface area (Å²) in [5.41, 5.74) is 0. The van der Waals surface area contributed by atoms with Gasteiger partial charge in [-0.1, -0.05) is 0 Å². The lowest BCUT2D eigenvalue weighted by Crippen LogP contribution is -2.39. The molecule has 0 bridgehead atoms. The zero-order valence-electron chi connectivity index (χ0n) is 11.2. The molecule has 1 heterocycles. The molecule has 18 heavy (non-hydrogen) atoms. The highest BCUT2D eigenvalue weighted by molar-refractivity contribution is 7.89. The second kappa shape index (κ2) is 6.33. The van der Waals surface area contributed by atoms with E-state index in [2.05, 4.69) is 10.0 Å². The Bertz CT molecular complexity index is 468. The third kappa shape index (κ3) is 4.41. The molecule has 0 aliphatic heterocycles. The molecule has 0 amide bonds. The van der Waals surface area contributed by atoms with Crippen molar-refractivity contribution in [3.8, 4) is 0 Å². The highest BCUT2D eigenvalue weighted by atomic mass is 32.2. The van der Waals surface area contributed by atoms with Crippen LogP contribution >= 0.6 is 0 Å². The van der Waals surface area contributed by atoms with Gasteiger partial charge in [-0.15, -0.1) is 0 Å². The molecule has 0 saturated heterocycles. The van der Waals surface area contributed by atoms with Crippen LogP contribution in [0.5, 0.6) is 0 Å². The van der Waals surface area contributed by atoms with Crippen LogP contribution in [-0.2, 0) is 16.6 Å². The lowest BCUT2D eigenvalue weighted by Gasteiger charge is -2.17. The Hall–Kier alpha value is -0.890. The van der Waals surface area contributed by atoms with Crippen LogP contribution in [0.25, 0.3) is 0 Å². The Labute approximate surface area is 108 Å². The van der Waals surface area contributed by atoms with Crippen LogP contribution in [0.15, 0.2) is 21.6 Å². The van der Waals surface area contributed by atoms with Crippen molar-refractivity contribution < 1.29 is 12.8 Å². The third-order valence-electron chi connectivity index (χ3n) is 2.25. The van der Waals surface area contributed by atoms with Crippen LogP contribution in [0, 0.1) is 0 Å². The maximum absolute atomic E-state index is 12.0. The largest absolute Gasteiger partial charge is 0.447 e. The summed E-state index contributed by atoms with van der Waals surface area (Å²) >= 11 is 0. The smallest absolute Gasteiger partial charge is 0.274 e. The number of nitrogens with zero attached hydrogens (tertiary/aromatic N) is 1. The first kappa shape index (κ1) is 15.2. The number of furan rings is 1. The molecule has 7 heteroatoms. The van der Waals surface area contributed by atoms with Crippen molar-refractivity contribution in [3.05, 3.63) is 17.9 Å². The van der Waals surface area contributed by atoms with E-state index in [9.17, 15) is 8.42 Å². The second-order valence-corrected chi connectivity index (χ2v) is 6.18. The Balaban J connectivity index is 2.73. The summed E-state index contributed by atoms with van der Waals surface area (Å²) in [6.07, 6.45) is 0. The van der Waals surface area contributed by atoms with Gasteiger partial charge in [-0.05, 0) is 40.2 Å². The van der Waals surface area contributed by atoms with E-state index in [0.29, 0.717) is 18.8 Å². The van der Waals surface area contributed by atoms with Crippen LogP contribution in [0.4, 0.5) is 0 Å². The average molecular weight is 275 g/mol. The molecule has 0 fully saturated rings. The summed E-state index contributed by atoms with van der Waals surface area (Å²) in [5, 5.41) is 2.86. The van der Waals surface area contributed by atoms with Crippen molar-refractivity contribution in [2.45, 2.75) is 24.6 Å². The molecule has 0 spiro atoms. The molecule has 1 atom stereocenters. The molecule has 1 aromatic heterocycles. The van der Waals surface area contributed by atoms with Gasteiger partial charge >= 0.3 is 0 Å². The van der Waals surface area contributed by atoms with Crippen molar-refractivity contribution in [1.29, 1.82) is 0 Å². The van der Waals surface area contributed by atoms with E-state index in [1.165, 1.54) is 6.07 Å². The van der Waals surface area contributed by atoms with Crippen LogP contribution in [0.3, 0.4) is 0 Å². The molecule has 0 aliphatic carbocycles. The monoisotopic (exact) mass is 275 g/mol. The molecule has 0 aromatic carbocycles. The first-order valence-corrected chi connectivity index (χ1v) is 7.24. The summed E-state index contributed by atoms with van der Waals surface area (Å²) in [7, 11) is 1.98. The topological polar surface area (TPSA) is 74.6 Å². The van der Waals surface area contributed by atoms with Gasteiger partial charge in [-0.25, -0.2) is 13.1 Å². The van der Waals surface area contributed by atoms with Crippen LogP contribution in [0.2, 0.25) is 0 Å². The molecular formula is C11H21N3O3S. The van der Waals surface area contributed by atoms with Gasteiger partial charge < -0.3 is 14.6 Å². The van der Waals surface area contributed by atoms with Gasteiger partial charge in [0.15, 0.2) is 0 Å². The molecule has 6 nitrogen and oxygen atoms in total. The van der Waals surface area contributed by atoms with Crippen molar-refractivity contribution in [1.82, 2.24) is 14.9 Å². The Morgan fingerprint density at radius 1 is 1.39 bits per heavy atom. The van der Waals surface area contributed by atoms with Gasteiger partial charge in [0.2, 0.25) is 5.09 Å². The molecule has 104 valence electrons. The van der Waals surface area contributed by atoms with Crippen molar-refractivity contribution in [3.63, 3.8) is 0 Å². The molecule has 0 saturated carbocycles. The van der Waals surface area contributed by atoms with Crippen molar-refractivity contribution >= 4 is 10.0 Å². The third-order valence-corrected chi connectivity index (χ3v) is 3.71. The maximum atomic E-state index is 12.0. The van der Waals surface area contributed by atoms with Crippen LogP contribution < -0.4 is 10.0 Å². The van der Waals surface area contributed by atoms with Gasteiger partial charge in [0.05, 0.1) is 6.54 Å². The number of rotatable bonds is 7. The normalized spacial score (nSPS) is 14.1. The van der Waals surface area contributed by atoms with E-state index in [-0.39, 0.29) is 11.1 Å². The number of likely N-dealkylation sites (N-methyl/N-ethyl adjacent to an activating group) is 1. The highest BCUT2D eigenvalue weighted by Gasteiger charge is 2.21. The zero-order valence-corrected chi connectivity index (χ0v) is 12.0. The summed E-state index contributed by atoms with van der Waals surface area (Å²) in [6, 6.07) is 2.95. The first-order valence-electron chi connectivity index (χ1n) is 5.75. The second-order valence-electron chi connectivity index (χ2n) is 4.54. The predicted octanol–water partition coefficient (Wildman–Crippen LogP) is 0.227. The first-order chi connectivity index (χ1) is 8.35. The van der Waals surface area contributed by atoms with E-state index in [1.807, 2.05) is 25.9 Å². The summed E-state index contributed by atoms with van der Waals surface area (Å²) in [5.74, 6) is 0.595. The van der Waals surface area contributed by atoms with Crippen LogP contribution in [-0.4, -0.2) is 47.0 Å². The highest BCUT2D eigenvalue weighted by Crippen LogP contribution is 2.14. The molecule has 0 radical (unpaired) electrons. The molecule has 1 aromatic rings. The minimum Gasteiger partial charge on any atom is -0.447 e. The standard InChI is InChI=1S/C11H21N3O3S/c1-9(8-14(3)4)13-18(15,16)11-6-5-10(17-11)7-12-2/h5-6,9,12-13H,7-8H2,1-4H3. The zero-order chi connectivity index (χ0) is 13.8. The van der Waals surface area contributed by atoms with Gasteiger partial charge in [-0.2, -0.15) is 0 Å². The Morgan fingerprint density at radius 3 is 2.61 bits per heavy atom. The fourth-order valence-electron chi connectivity index (χ4n) is 1.68. The molecule has 1 unspecified atom stereocenters. The lowest BCUT2D eigenvalue weighted by atomic mass is 10.3. The van der Waals surface area contributed by atoms with E-state index in [1.54, 1.807) is 13.1 Å². The van der Waals surface area contributed by atoms with Crippen molar-refractivity contribution in [2.24, 2.45) is 0 Å². The summed E-state index contributed by atoms with van der Waals surface area (Å²) in [6.45, 7) is 2.95. The van der Waals surface area contributed by atoms with Crippen LogP contribution in [0.1, 0.15) is 12.7 Å². The van der Waals surface area contributed by atoms with E-state index < -0.39 is 10.0 Å². The Kier molecular flexibility index (Phi) is 5.33. The minimum atomic E-state index is -3.57. The Morgan fingerprint density at radius 2 is 2.06 bits per heavy atom. The van der Waals surface area contributed by atoms with Gasteiger partial charge in [-0.3, -0.25) is 0 Å². The fraction of sp³-hybridized carbons (Fsp3) is 0.636. The van der Waals surface area contributed by atoms with E-state index >= 15 is 0 Å². The predicted molar refractivity (Wildman–Crippen MR) is 69.8 cm³/mol. The average Bonchev–Trinajstić information content (AvgIpc) is 2.65. The quantitative estimate of drug-likeness (QED) is 0.745. The fourth-order valence-corrected chi connectivity index (χ4v) is 2.86. The lowest BCUT2D eigenvalue weighted by molar-refractivity contribution is 0.364. The number of nitrogens with one attached hydrogen (secondary N) is 2.